The van der Waals surface area contributed by atoms with Crippen molar-refractivity contribution in [2.45, 2.75) is 30.8 Å². The quantitative estimate of drug-likeness (QED) is 0.370. The second-order valence-corrected chi connectivity index (χ2v) is 8.38. The summed E-state index contributed by atoms with van der Waals surface area (Å²) in [4.78, 5) is 21.3. The molecule has 0 aliphatic heterocycles. The molecule has 164 valence electrons. The monoisotopic (exact) mass is 446 g/mol. The van der Waals surface area contributed by atoms with Gasteiger partial charge in [0.15, 0.2) is 5.16 Å². The number of thioether (sulfide) groups is 1. The number of ether oxygens (including phenoxy) is 1. The van der Waals surface area contributed by atoms with Gasteiger partial charge in [-0.05, 0) is 47.9 Å². The highest BCUT2D eigenvalue weighted by atomic mass is 32.2. The van der Waals surface area contributed by atoms with E-state index in [-0.39, 0.29) is 5.91 Å². The summed E-state index contributed by atoms with van der Waals surface area (Å²) >= 11 is 1.69. The van der Waals surface area contributed by atoms with Crippen molar-refractivity contribution in [3.8, 4) is 5.75 Å². The van der Waals surface area contributed by atoms with Gasteiger partial charge in [-0.3, -0.25) is 9.78 Å². The Morgan fingerprint density at radius 2 is 1.97 bits per heavy atom. The Hall–Kier alpha value is -3.32. The lowest BCUT2D eigenvalue weighted by atomic mass is 10.1. The number of nitrogens with one attached hydrogen (secondary N) is 1. The maximum atomic E-state index is 12.2. The van der Waals surface area contributed by atoms with Crippen molar-refractivity contribution >= 4 is 28.7 Å². The number of methoxy groups -OCH3 is 1. The van der Waals surface area contributed by atoms with Gasteiger partial charge in [0.25, 0.3) is 5.91 Å². The first-order valence-electron chi connectivity index (χ1n) is 10.6. The molecule has 2 heterocycles. The molecule has 0 saturated heterocycles. The molecule has 0 bridgehead atoms. The van der Waals surface area contributed by atoms with Crippen LogP contribution in [0.5, 0.6) is 5.75 Å². The number of amides is 1. The Bertz CT molecular complexity index is 1200. The number of benzene rings is 2. The Kier molecular flexibility index (Phi) is 7.07. The highest BCUT2D eigenvalue weighted by Crippen LogP contribution is 2.28. The molecule has 0 atom stereocenters. The van der Waals surface area contributed by atoms with Crippen LogP contribution in [0.25, 0.3) is 11.0 Å². The number of nitrogens with zero attached hydrogens (tertiary/aromatic N) is 3. The Labute approximate surface area is 192 Å². The lowest BCUT2D eigenvalue weighted by Gasteiger charge is -2.10. The zero-order valence-corrected chi connectivity index (χ0v) is 19.1. The topological polar surface area (TPSA) is 69.0 Å². The van der Waals surface area contributed by atoms with Crippen molar-refractivity contribution in [2.24, 2.45) is 0 Å². The third-order valence-electron chi connectivity index (χ3n) is 5.11. The number of imidazole rings is 1. The fourth-order valence-corrected chi connectivity index (χ4v) is 4.36. The van der Waals surface area contributed by atoms with E-state index >= 15 is 0 Å². The minimum atomic E-state index is -0.0368. The summed E-state index contributed by atoms with van der Waals surface area (Å²) in [7, 11) is 1.68. The number of rotatable bonds is 9. The molecule has 0 saturated carbocycles. The van der Waals surface area contributed by atoms with Gasteiger partial charge in [-0.15, -0.1) is 0 Å². The minimum Gasteiger partial charge on any atom is -0.497 e. The van der Waals surface area contributed by atoms with E-state index in [0.29, 0.717) is 18.7 Å². The van der Waals surface area contributed by atoms with Crippen LogP contribution < -0.4 is 10.1 Å². The standard InChI is InChI=1S/C25H26N4O2S/c1-3-12-27-24(30)20-9-7-18(8-10-20)16-29-23-15-26-13-11-22(23)28-25(29)32-17-19-5-4-6-21(14-19)31-2/h4-11,13-15H,3,12,16-17H2,1-2H3,(H,27,30). The van der Waals surface area contributed by atoms with Crippen LogP contribution in [-0.2, 0) is 12.3 Å². The summed E-state index contributed by atoms with van der Waals surface area (Å²) in [5.41, 5.74) is 4.86. The molecule has 0 fully saturated rings. The third-order valence-corrected chi connectivity index (χ3v) is 6.16. The Morgan fingerprint density at radius 1 is 1.12 bits per heavy atom. The second-order valence-electron chi connectivity index (χ2n) is 7.44. The number of hydrogen-bond donors (Lipinski definition) is 1. The second kappa shape index (κ2) is 10.3. The number of aromatic nitrogens is 3. The van der Waals surface area contributed by atoms with E-state index in [9.17, 15) is 4.79 Å². The summed E-state index contributed by atoms with van der Waals surface area (Å²) in [6.45, 7) is 3.37. The van der Waals surface area contributed by atoms with Gasteiger partial charge in [0.1, 0.15) is 5.75 Å². The summed E-state index contributed by atoms with van der Waals surface area (Å²) in [5, 5.41) is 3.84. The third kappa shape index (κ3) is 5.11. The SMILES string of the molecule is CCCNC(=O)c1ccc(Cn2c(SCc3cccc(OC)c3)nc3ccncc32)cc1. The van der Waals surface area contributed by atoms with Gasteiger partial charge in [0.05, 0.1) is 30.9 Å². The smallest absolute Gasteiger partial charge is 0.251 e. The normalized spacial score (nSPS) is 10.9. The molecule has 4 aromatic rings. The number of fused-ring (bicyclic) bond motifs is 1. The zero-order chi connectivity index (χ0) is 22.3. The molecule has 0 unspecified atom stereocenters. The van der Waals surface area contributed by atoms with Gasteiger partial charge in [0.2, 0.25) is 0 Å². The summed E-state index contributed by atoms with van der Waals surface area (Å²) in [6.07, 6.45) is 4.53. The summed E-state index contributed by atoms with van der Waals surface area (Å²) < 4.78 is 7.52. The molecule has 0 spiro atoms. The zero-order valence-electron chi connectivity index (χ0n) is 18.2. The predicted octanol–water partition coefficient (Wildman–Crippen LogP) is 4.92. The van der Waals surface area contributed by atoms with Crippen LogP contribution in [0.15, 0.2) is 72.1 Å². The first-order valence-corrected chi connectivity index (χ1v) is 11.6. The van der Waals surface area contributed by atoms with Gasteiger partial charge in [-0.2, -0.15) is 0 Å². The molecule has 0 aliphatic carbocycles. The van der Waals surface area contributed by atoms with E-state index in [1.54, 1.807) is 25.1 Å². The van der Waals surface area contributed by atoms with E-state index in [1.807, 2.05) is 61.7 Å². The summed E-state index contributed by atoms with van der Waals surface area (Å²) in [6, 6.07) is 17.8. The predicted molar refractivity (Wildman–Crippen MR) is 128 cm³/mol. The number of hydrogen-bond acceptors (Lipinski definition) is 5. The van der Waals surface area contributed by atoms with Crippen molar-refractivity contribution in [3.63, 3.8) is 0 Å². The largest absolute Gasteiger partial charge is 0.497 e. The van der Waals surface area contributed by atoms with Crippen LogP contribution >= 0.6 is 11.8 Å². The fraction of sp³-hybridized carbons (Fsp3) is 0.240. The van der Waals surface area contributed by atoms with Crippen LogP contribution in [0.1, 0.15) is 34.8 Å². The molecule has 6 nitrogen and oxygen atoms in total. The van der Waals surface area contributed by atoms with E-state index in [0.717, 1.165) is 39.7 Å². The Morgan fingerprint density at radius 3 is 2.75 bits per heavy atom. The number of carbonyl (C=O) groups is 1. The highest BCUT2D eigenvalue weighted by Gasteiger charge is 2.13. The summed E-state index contributed by atoms with van der Waals surface area (Å²) in [5.74, 6) is 1.60. The molecular formula is C25H26N4O2S. The van der Waals surface area contributed by atoms with Crippen molar-refractivity contribution in [2.75, 3.05) is 13.7 Å². The molecule has 4 rings (SSSR count). The lowest BCUT2D eigenvalue weighted by molar-refractivity contribution is 0.0953. The van der Waals surface area contributed by atoms with Crippen molar-refractivity contribution in [1.82, 2.24) is 19.9 Å². The average molecular weight is 447 g/mol. The maximum absolute atomic E-state index is 12.2. The molecule has 1 amide bonds. The molecule has 7 heteroatoms. The molecule has 32 heavy (non-hydrogen) atoms. The first-order chi connectivity index (χ1) is 15.7. The van der Waals surface area contributed by atoms with E-state index in [1.165, 1.54) is 5.56 Å². The van der Waals surface area contributed by atoms with E-state index in [2.05, 4.69) is 20.9 Å². The Balaban J connectivity index is 1.55. The molecule has 0 radical (unpaired) electrons. The molecule has 2 aromatic heterocycles. The van der Waals surface area contributed by atoms with Crippen LogP contribution in [0.2, 0.25) is 0 Å². The average Bonchev–Trinajstić information content (AvgIpc) is 3.19. The highest BCUT2D eigenvalue weighted by molar-refractivity contribution is 7.98. The molecular weight excluding hydrogens is 420 g/mol. The molecule has 0 aliphatic rings. The lowest BCUT2D eigenvalue weighted by Crippen LogP contribution is -2.23. The fourth-order valence-electron chi connectivity index (χ4n) is 3.41. The number of pyridine rings is 1. The van der Waals surface area contributed by atoms with Crippen LogP contribution in [0.3, 0.4) is 0 Å². The van der Waals surface area contributed by atoms with Crippen LogP contribution in [0.4, 0.5) is 0 Å². The van der Waals surface area contributed by atoms with Gasteiger partial charge < -0.3 is 14.6 Å². The van der Waals surface area contributed by atoms with Crippen LogP contribution in [-0.4, -0.2) is 34.1 Å². The van der Waals surface area contributed by atoms with Gasteiger partial charge in [-0.1, -0.05) is 43.0 Å². The number of carbonyl (C=O) groups excluding carboxylic acids is 1. The van der Waals surface area contributed by atoms with Crippen molar-refractivity contribution in [1.29, 1.82) is 0 Å². The van der Waals surface area contributed by atoms with Gasteiger partial charge in [0, 0.05) is 24.1 Å². The van der Waals surface area contributed by atoms with Gasteiger partial charge >= 0.3 is 0 Å². The maximum Gasteiger partial charge on any atom is 0.251 e. The minimum absolute atomic E-state index is 0.0368. The van der Waals surface area contributed by atoms with Crippen LogP contribution in [0, 0.1) is 0 Å². The van der Waals surface area contributed by atoms with Gasteiger partial charge in [-0.25, -0.2) is 4.98 Å². The first kappa shape index (κ1) is 21.9. The van der Waals surface area contributed by atoms with Crippen molar-refractivity contribution < 1.29 is 9.53 Å². The molecule has 2 aromatic carbocycles. The van der Waals surface area contributed by atoms with Crippen molar-refractivity contribution in [3.05, 3.63) is 83.7 Å². The van der Waals surface area contributed by atoms with E-state index in [4.69, 9.17) is 9.72 Å². The molecule has 1 N–H and O–H groups in total. The van der Waals surface area contributed by atoms with E-state index < -0.39 is 0 Å².